The van der Waals surface area contributed by atoms with Crippen LogP contribution in [0.3, 0.4) is 0 Å². The van der Waals surface area contributed by atoms with Crippen LogP contribution < -0.4 is 11.1 Å². The van der Waals surface area contributed by atoms with Gasteiger partial charge in [0.05, 0.1) is 23.3 Å². The van der Waals surface area contributed by atoms with Crippen molar-refractivity contribution >= 4 is 11.7 Å². The standard InChI is InChI=1S/C10H11N5O/c1-7-9(14-10(11)16)6-13-15(7)8-2-4-12-5-3-8/h2-6H,1H3,(H3,11,14,16). The number of nitrogens with one attached hydrogen (secondary N) is 1. The molecule has 16 heavy (non-hydrogen) atoms. The number of nitrogens with two attached hydrogens (primary N) is 1. The number of primary amides is 1. The van der Waals surface area contributed by atoms with E-state index in [0.29, 0.717) is 5.69 Å². The van der Waals surface area contributed by atoms with Gasteiger partial charge in [-0.1, -0.05) is 0 Å². The molecule has 2 aromatic rings. The van der Waals surface area contributed by atoms with Crippen LogP contribution in [0.5, 0.6) is 0 Å². The van der Waals surface area contributed by atoms with Crippen LogP contribution in [0.15, 0.2) is 30.7 Å². The van der Waals surface area contributed by atoms with Gasteiger partial charge in [0.2, 0.25) is 0 Å². The molecular formula is C10H11N5O. The van der Waals surface area contributed by atoms with Crippen molar-refractivity contribution in [2.24, 2.45) is 5.73 Å². The van der Waals surface area contributed by atoms with Gasteiger partial charge in [-0.2, -0.15) is 5.10 Å². The Morgan fingerprint density at radius 2 is 2.12 bits per heavy atom. The van der Waals surface area contributed by atoms with E-state index in [1.807, 2.05) is 19.1 Å². The van der Waals surface area contributed by atoms with Crippen LogP contribution in [0.4, 0.5) is 10.5 Å². The molecule has 0 fully saturated rings. The zero-order chi connectivity index (χ0) is 11.5. The number of aromatic nitrogens is 3. The van der Waals surface area contributed by atoms with E-state index in [2.05, 4.69) is 15.4 Å². The largest absolute Gasteiger partial charge is 0.351 e. The van der Waals surface area contributed by atoms with E-state index >= 15 is 0 Å². The molecule has 0 aliphatic rings. The van der Waals surface area contributed by atoms with E-state index in [0.717, 1.165) is 11.4 Å². The van der Waals surface area contributed by atoms with Crippen molar-refractivity contribution in [2.45, 2.75) is 6.92 Å². The van der Waals surface area contributed by atoms with Crippen LogP contribution in [-0.4, -0.2) is 20.8 Å². The number of hydrogen-bond donors (Lipinski definition) is 2. The molecule has 2 heterocycles. The third-order valence-corrected chi connectivity index (χ3v) is 2.17. The number of nitrogens with zero attached hydrogens (tertiary/aromatic N) is 3. The highest BCUT2D eigenvalue weighted by atomic mass is 16.2. The summed E-state index contributed by atoms with van der Waals surface area (Å²) in [4.78, 5) is 14.7. The second kappa shape index (κ2) is 4.01. The molecule has 3 N–H and O–H groups in total. The van der Waals surface area contributed by atoms with Gasteiger partial charge in [-0.3, -0.25) is 4.98 Å². The molecule has 2 amide bonds. The molecule has 6 nitrogen and oxygen atoms in total. The molecule has 0 unspecified atom stereocenters. The molecule has 0 saturated heterocycles. The number of amides is 2. The average molecular weight is 217 g/mol. The van der Waals surface area contributed by atoms with Crippen molar-refractivity contribution in [1.82, 2.24) is 14.8 Å². The van der Waals surface area contributed by atoms with Crippen LogP contribution in [0.1, 0.15) is 5.69 Å². The maximum absolute atomic E-state index is 10.7. The van der Waals surface area contributed by atoms with E-state index in [1.54, 1.807) is 23.3 Å². The first-order chi connectivity index (χ1) is 7.68. The normalized spacial score (nSPS) is 10.1. The fourth-order valence-corrected chi connectivity index (χ4v) is 1.41. The van der Waals surface area contributed by atoms with Crippen molar-refractivity contribution in [3.63, 3.8) is 0 Å². The summed E-state index contributed by atoms with van der Waals surface area (Å²) in [5.41, 5.74) is 7.34. The first-order valence-electron chi connectivity index (χ1n) is 4.70. The SMILES string of the molecule is Cc1c(NC(N)=O)cnn1-c1ccncc1. The van der Waals surface area contributed by atoms with E-state index < -0.39 is 6.03 Å². The molecule has 0 saturated carbocycles. The van der Waals surface area contributed by atoms with Crippen molar-refractivity contribution in [1.29, 1.82) is 0 Å². The maximum atomic E-state index is 10.7. The second-order valence-electron chi connectivity index (χ2n) is 3.25. The van der Waals surface area contributed by atoms with Crippen molar-refractivity contribution < 1.29 is 4.79 Å². The molecule has 2 aromatic heterocycles. The second-order valence-corrected chi connectivity index (χ2v) is 3.25. The average Bonchev–Trinajstić information content (AvgIpc) is 2.61. The summed E-state index contributed by atoms with van der Waals surface area (Å²) in [6.07, 6.45) is 4.91. The van der Waals surface area contributed by atoms with E-state index in [1.165, 1.54) is 0 Å². The molecule has 0 atom stereocenters. The molecule has 2 rings (SSSR count). The number of carbonyl (C=O) groups excluding carboxylic acids is 1. The molecule has 0 aliphatic carbocycles. The number of pyridine rings is 1. The molecular weight excluding hydrogens is 206 g/mol. The summed E-state index contributed by atoms with van der Waals surface area (Å²) < 4.78 is 1.70. The molecule has 6 heteroatoms. The fourth-order valence-electron chi connectivity index (χ4n) is 1.41. The Morgan fingerprint density at radius 1 is 1.44 bits per heavy atom. The summed E-state index contributed by atoms with van der Waals surface area (Å²) in [7, 11) is 0. The Hall–Kier alpha value is -2.37. The molecule has 0 spiro atoms. The van der Waals surface area contributed by atoms with Gasteiger partial charge >= 0.3 is 6.03 Å². The van der Waals surface area contributed by atoms with E-state index in [9.17, 15) is 4.79 Å². The van der Waals surface area contributed by atoms with E-state index in [-0.39, 0.29) is 0 Å². The lowest BCUT2D eigenvalue weighted by Gasteiger charge is -2.04. The maximum Gasteiger partial charge on any atom is 0.316 e. The monoisotopic (exact) mass is 217 g/mol. The summed E-state index contributed by atoms with van der Waals surface area (Å²) >= 11 is 0. The predicted molar refractivity (Wildman–Crippen MR) is 59.3 cm³/mol. The van der Waals surface area contributed by atoms with Crippen LogP contribution in [-0.2, 0) is 0 Å². The first-order valence-corrected chi connectivity index (χ1v) is 4.70. The Morgan fingerprint density at radius 3 is 2.75 bits per heavy atom. The minimum atomic E-state index is -0.600. The highest BCUT2D eigenvalue weighted by Crippen LogP contribution is 2.17. The first kappa shape index (κ1) is 10.2. The zero-order valence-electron chi connectivity index (χ0n) is 8.71. The number of urea groups is 1. The zero-order valence-corrected chi connectivity index (χ0v) is 8.71. The quantitative estimate of drug-likeness (QED) is 0.788. The summed E-state index contributed by atoms with van der Waals surface area (Å²) in [5.74, 6) is 0. The summed E-state index contributed by atoms with van der Waals surface area (Å²) in [6.45, 7) is 1.85. The van der Waals surface area contributed by atoms with Crippen LogP contribution in [0, 0.1) is 6.92 Å². The third-order valence-electron chi connectivity index (χ3n) is 2.17. The minimum Gasteiger partial charge on any atom is -0.351 e. The topological polar surface area (TPSA) is 85.8 Å². The van der Waals surface area contributed by atoms with Crippen molar-refractivity contribution in [3.05, 3.63) is 36.4 Å². The Balaban J connectivity index is 2.37. The van der Waals surface area contributed by atoms with Gasteiger partial charge in [-0.25, -0.2) is 9.48 Å². The minimum absolute atomic E-state index is 0.600. The summed E-state index contributed by atoms with van der Waals surface area (Å²) in [6, 6.07) is 3.06. The smallest absolute Gasteiger partial charge is 0.316 e. The lowest BCUT2D eigenvalue weighted by atomic mass is 10.3. The number of anilines is 1. The van der Waals surface area contributed by atoms with Crippen molar-refractivity contribution in [3.8, 4) is 5.69 Å². The molecule has 0 bridgehead atoms. The van der Waals surface area contributed by atoms with Gasteiger partial charge in [0, 0.05) is 12.4 Å². The number of carbonyl (C=O) groups is 1. The van der Waals surface area contributed by atoms with Gasteiger partial charge in [0.1, 0.15) is 0 Å². The Bertz CT molecular complexity index is 505. The highest BCUT2D eigenvalue weighted by molar-refractivity contribution is 5.88. The lowest BCUT2D eigenvalue weighted by Crippen LogP contribution is -2.19. The van der Waals surface area contributed by atoms with Gasteiger partial charge < -0.3 is 11.1 Å². The van der Waals surface area contributed by atoms with Crippen LogP contribution >= 0.6 is 0 Å². The molecule has 0 aliphatic heterocycles. The lowest BCUT2D eigenvalue weighted by molar-refractivity contribution is 0.259. The Labute approximate surface area is 92.1 Å². The molecule has 82 valence electrons. The van der Waals surface area contributed by atoms with Crippen LogP contribution in [0.25, 0.3) is 5.69 Å². The van der Waals surface area contributed by atoms with Crippen LogP contribution in [0.2, 0.25) is 0 Å². The predicted octanol–water partition coefficient (Wildman–Crippen LogP) is 1.07. The Kier molecular flexibility index (Phi) is 2.55. The molecule has 0 radical (unpaired) electrons. The fraction of sp³-hybridized carbons (Fsp3) is 0.100. The van der Waals surface area contributed by atoms with Gasteiger partial charge in [0.25, 0.3) is 0 Å². The molecule has 0 aromatic carbocycles. The van der Waals surface area contributed by atoms with E-state index in [4.69, 9.17) is 5.73 Å². The van der Waals surface area contributed by atoms with Gasteiger partial charge in [-0.15, -0.1) is 0 Å². The summed E-state index contributed by atoms with van der Waals surface area (Å²) in [5, 5.41) is 6.66. The highest BCUT2D eigenvalue weighted by Gasteiger charge is 2.08. The van der Waals surface area contributed by atoms with Gasteiger partial charge in [0.15, 0.2) is 0 Å². The van der Waals surface area contributed by atoms with Gasteiger partial charge in [-0.05, 0) is 19.1 Å². The number of rotatable bonds is 2. The third kappa shape index (κ3) is 1.85. The number of hydrogen-bond acceptors (Lipinski definition) is 3. The van der Waals surface area contributed by atoms with Crippen molar-refractivity contribution in [2.75, 3.05) is 5.32 Å².